The number of hydrogen-bond acceptors (Lipinski definition) is 5. The van der Waals surface area contributed by atoms with Gasteiger partial charge in [0, 0.05) is 27.3 Å². The molecule has 0 aromatic heterocycles. The number of halogens is 3. The molecule has 0 aliphatic rings. The lowest BCUT2D eigenvalue weighted by molar-refractivity contribution is -0.147. The average Bonchev–Trinajstić information content (AvgIpc) is 2.83. The first kappa shape index (κ1) is 27.5. The smallest absolute Gasteiger partial charge is 0.306 e. The van der Waals surface area contributed by atoms with Crippen molar-refractivity contribution in [1.82, 2.24) is 0 Å². The summed E-state index contributed by atoms with van der Waals surface area (Å²) in [5.74, 6) is -0.501. The third kappa shape index (κ3) is 8.26. The highest BCUT2D eigenvalue weighted by Gasteiger charge is 2.13. The molecule has 0 spiro atoms. The van der Waals surface area contributed by atoms with Gasteiger partial charge in [-0.15, -0.1) is 0 Å². The van der Waals surface area contributed by atoms with Crippen LogP contribution in [-0.4, -0.2) is 24.4 Å². The van der Waals surface area contributed by atoms with E-state index in [-0.39, 0.29) is 18.7 Å². The van der Waals surface area contributed by atoms with Gasteiger partial charge < -0.3 is 20.1 Å². The zero-order chi connectivity index (χ0) is 26.2. The number of esters is 1. The molecule has 2 amide bonds. The Labute approximate surface area is 227 Å². The van der Waals surface area contributed by atoms with Crippen molar-refractivity contribution >= 4 is 68.3 Å². The second-order valence-corrected chi connectivity index (χ2v) is 9.57. The van der Waals surface area contributed by atoms with E-state index < -0.39 is 18.5 Å². The molecule has 3 rings (SSSR count). The first-order chi connectivity index (χ1) is 17.1. The van der Waals surface area contributed by atoms with Crippen molar-refractivity contribution in [3.05, 3.63) is 80.2 Å². The minimum atomic E-state index is -0.646. The average molecular weight is 594 g/mol. The molecule has 0 saturated carbocycles. The fourth-order valence-corrected chi connectivity index (χ4v) is 3.96. The number of amides is 2. The summed E-state index contributed by atoms with van der Waals surface area (Å²) in [5, 5.41) is 6.29. The van der Waals surface area contributed by atoms with E-state index in [0.717, 1.165) is 15.6 Å². The highest BCUT2D eigenvalue weighted by molar-refractivity contribution is 9.10. The molecule has 7 nitrogen and oxygen atoms in total. The van der Waals surface area contributed by atoms with Gasteiger partial charge in [0.05, 0.1) is 11.4 Å². The van der Waals surface area contributed by atoms with Crippen LogP contribution >= 0.6 is 39.1 Å². The summed E-state index contributed by atoms with van der Waals surface area (Å²) in [5.41, 5.74) is 3.01. The van der Waals surface area contributed by atoms with Crippen molar-refractivity contribution in [3.63, 3.8) is 0 Å². The van der Waals surface area contributed by atoms with Crippen LogP contribution in [0.1, 0.15) is 24.0 Å². The maximum absolute atomic E-state index is 12.2. The molecule has 3 aromatic rings. The van der Waals surface area contributed by atoms with E-state index in [4.69, 9.17) is 32.7 Å². The molecular formula is C26H23BrCl2N2O5. The number of carbonyl (C=O) groups excluding carboxylic acids is 3. The normalized spacial score (nSPS) is 10.5. The summed E-state index contributed by atoms with van der Waals surface area (Å²) in [6.07, 6.45) is -0.254. The number of benzene rings is 3. The third-order valence-corrected chi connectivity index (χ3v) is 6.34. The Morgan fingerprint density at radius 2 is 1.58 bits per heavy atom. The van der Waals surface area contributed by atoms with Crippen LogP contribution in [0.15, 0.2) is 59.1 Å². The van der Waals surface area contributed by atoms with Gasteiger partial charge in [-0.05, 0) is 79.6 Å². The van der Waals surface area contributed by atoms with Crippen LogP contribution in [0.3, 0.4) is 0 Å². The number of carbonyl (C=O) groups is 3. The Balaban J connectivity index is 1.40. The van der Waals surface area contributed by atoms with Gasteiger partial charge in [0.2, 0.25) is 5.91 Å². The zero-order valence-corrected chi connectivity index (χ0v) is 22.6. The number of ether oxygens (including phenoxy) is 2. The Morgan fingerprint density at radius 3 is 2.28 bits per heavy atom. The van der Waals surface area contributed by atoms with Crippen LogP contribution < -0.4 is 15.4 Å². The van der Waals surface area contributed by atoms with Crippen LogP contribution in [0.25, 0.3) is 0 Å². The molecule has 0 fully saturated rings. The second kappa shape index (κ2) is 12.8. The summed E-state index contributed by atoms with van der Waals surface area (Å²) < 4.78 is 11.6. The van der Waals surface area contributed by atoms with E-state index >= 15 is 0 Å². The van der Waals surface area contributed by atoms with Gasteiger partial charge in [-0.2, -0.15) is 0 Å². The Morgan fingerprint density at radius 1 is 0.861 bits per heavy atom. The van der Waals surface area contributed by atoms with Crippen molar-refractivity contribution in [1.29, 1.82) is 0 Å². The number of anilines is 2. The molecule has 188 valence electrons. The van der Waals surface area contributed by atoms with Crippen LogP contribution in [0.2, 0.25) is 10.0 Å². The van der Waals surface area contributed by atoms with Gasteiger partial charge in [0.25, 0.3) is 5.91 Å². The number of hydrogen-bond donors (Lipinski definition) is 2. The maximum atomic E-state index is 12.2. The molecule has 10 heteroatoms. The molecule has 0 radical (unpaired) electrons. The molecule has 0 heterocycles. The molecule has 0 saturated heterocycles. The van der Waals surface area contributed by atoms with Gasteiger partial charge in [0.15, 0.2) is 6.61 Å². The Hall–Kier alpha value is -3.07. The first-order valence-corrected chi connectivity index (χ1v) is 12.4. The second-order valence-electron chi connectivity index (χ2n) is 7.87. The fourth-order valence-electron chi connectivity index (χ4n) is 3.05. The molecule has 0 atom stereocenters. The summed E-state index contributed by atoms with van der Waals surface area (Å²) in [6, 6.07) is 15.3. The molecule has 36 heavy (non-hydrogen) atoms. The predicted octanol–water partition coefficient (Wildman–Crippen LogP) is 7.07. The van der Waals surface area contributed by atoms with Gasteiger partial charge in [0.1, 0.15) is 11.5 Å². The van der Waals surface area contributed by atoms with E-state index in [9.17, 15) is 14.4 Å². The lowest BCUT2D eigenvalue weighted by atomic mass is 10.1. The van der Waals surface area contributed by atoms with Gasteiger partial charge in [-0.25, -0.2) is 0 Å². The van der Waals surface area contributed by atoms with E-state index in [1.807, 2.05) is 26.0 Å². The van der Waals surface area contributed by atoms with Crippen molar-refractivity contribution in [2.75, 3.05) is 17.2 Å². The highest BCUT2D eigenvalue weighted by atomic mass is 79.9. The van der Waals surface area contributed by atoms with E-state index in [1.54, 1.807) is 42.5 Å². The molecule has 0 bridgehead atoms. The van der Waals surface area contributed by atoms with Crippen molar-refractivity contribution in [3.8, 4) is 11.5 Å². The van der Waals surface area contributed by atoms with Crippen LogP contribution in [0, 0.1) is 13.8 Å². The summed E-state index contributed by atoms with van der Waals surface area (Å²) in [7, 11) is 0. The van der Waals surface area contributed by atoms with Gasteiger partial charge in [-0.1, -0.05) is 39.1 Å². The minimum absolute atomic E-state index is 0.0932. The molecule has 3 aromatic carbocycles. The maximum Gasteiger partial charge on any atom is 0.306 e. The SMILES string of the molecule is Cc1cc(NC(=O)COC(=O)CCC(=O)Nc2ccc(Oc3ccc(Cl)cc3Cl)cc2)c(C)cc1Br. The highest BCUT2D eigenvalue weighted by Crippen LogP contribution is 2.32. The van der Waals surface area contributed by atoms with E-state index in [0.29, 0.717) is 32.9 Å². The number of rotatable bonds is 9. The molecule has 0 aliphatic carbocycles. The van der Waals surface area contributed by atoms with Crippen LogP contribution in [-0.2, 0) is 19.1 Å². The Bertz CT molecular complexity index is 1280. The topological polar surface area (TPSA) is 93.7 Å². The van der Waals surface area contributed by atoms with Crippen LogP contribution in [0.5, 0.6) is 11.5 Å². The van der Waals surface area contributed by atoms with Crippen LogP contribution in [0.4, 0.5) is 11.4 Å². The third-order valence-electron chi connectivity index (χ3n) is 4.96. The zero-order valence-electron chi connectivity index (χ0n) is 19.5. The van der Waals surface area contributed by atoms with E-state index in [1.165, 1.54) is 0 Å². The minimum Gasteiger partial charge on any atom is -0.456 e. The fraction of sp³-hybridized carbons (Fsp3) is 0.192. The first-order valence-electron chi connectivity index (χ1n) is 10.9. The quantitative estimate of drug-likeness (QED) is 0.259. The molecule has 2 N–H and O–H groups in total. The van der Waals surface area contributed by atoms with Crippen molar-refractivity contribution in [2.45, 2.75) is 26.7 Å². The standard InChI is InChI=1S/C26H23BrCl2N2O5/c1-15-12-22(16(2)11-20(15)27)31-25(33)14-35-26(34)10-9-24(32)30-18-4-6-19(7-5-18)36-23-8-3-17(28)13-21(23)29/h3-8,11-13H,9-10,14H2,1-2H3,(H,30,32)(H,31,33). The van der Waals surface area contributed by atoms with Gasteiger partial charge >= 0.3 is 5.97 Å². The van der Waals surface area contributed by atoms with E-state index in [2.05, 4.69) is 26.6 Å². The van der Waals surface area contributed by atoms with Gasteiger partial charge in [-0.3, -0.25) is 14.4 Å². The summed E-state index contributed by atoms with van der Waals surface area (Å²) in [6.45, 7) is 3.33. The molecule has 0 aliphatic heterocycles. The number of nitrogens with one attached hydrogen (secondary N) is 2. The Kier molecular flexibility index (Phi) is 9.75. The lowest BCUT2D eigenvalue weighted by Crippen LogP contribution is -2.22. The van der Waals surface area contributed by atoms with Crippen molar-refractivity contribution in [2.24, 2.45) is 0 Å². The number of aryl methyl sites for hydroxylation is 2. The molecular weight excluding hydrogens is 571 g/mol. The molecule has 0 unspecified atom stereocenters. The van der Waals surface area contributed by atoms with Crippen molar-refractivity contribution < 1.29 is 23.9 Å². The summed E-state index contributed by atoms with van der Waals surface area (Å²) >= 11 is 15.4. The predicted molar refractivity (Wildman–Crippen MR) is 144 cm³/mol. The summed E-state index contributed by atoms with van der Waals surface area (Å²) in [4.78, 5) is 36.3. The largest absolute Gasteiger partial charge is 0.456 e. The monoisotopic (exact) mass is 592 g/mol. The lowest BCUT2D eigenvalue weighted by Gasteiger charge is -2.11.